The van der Waals surface area contributed by atoms with Crippen LogP contribution in [0.4, 0.5) is 8.78 Å². The van der Waals surface area contributed by atoms with Gasteiger partial charge in [-0.3, -0.25) is 9.69 Å². The van der Waals surface area contributed by atoms with Crippen LogP contribution in [0.5, 0.6) is 0 Å². The number of nitrogens with one attached hydrogen (secondary N) is 1. The molecule has 1 aromatic heterocycles. The van der Waals surface area contributed by atoms with Gasteiger partial charge in [0.1, 0.15) is 11.6 Å². The molecule has 1 saturated heterocycles. The van der Waals surface area contributed by atoms with Crippen molar-refractivity contribution in [2.45, 2.75) is 57.2 Å². The van der Waals surface area contributed by atoms with Gasteiger partial charge in [-0.2, -0.15) is 0 Å². The quantitative estimate of drug-likeness (QED) is 0.854. The van der Waals surface area contributed by atoms with Gasteiger partial charge in [-0.15, -0.1) is 5.10 Å². The summed E-state index contributed by atoms with van der Waals surface area (Å²) >= 11 is 0. The summed E-state index contributed by atoms with van der Waals surface area (Å²) in [6.07, 6.45) is 7.81. The van der Waals surface area contributed by atoms with E-state index in [4.69, 9.17) is 0 Å². The topological polar surface area (TPSA) is 63.1 Å². The van der Waals surface area contributed by atoms with E-state index in [1.54, 1.807) is 10.9 Å². The number of nitrogens with zero attached hydrogens (tertiary/aromatic N) is 4. The van der Waals surface area contributed by atoms with Crippen molar-refractivity contribution < 1.29 is 13.6 Å². The number of piperidine rings is 1. The highest BCUT2D eigenvalue weighted by molar-refractivity contribution is 5.92. The van der Waals surface area contributed by atoms with Crippen LogP contribution in [-0.2, 0) is 6.54 Å². The van der Waals surface area contributed by atoms with Crippen LogP contribution in [0.1, 0.15) is 60.6 Å². The van der Waals surface area contributed by atoms with Gasteiger partial charge in [0, 0.05) is 24.7 Å². The first-order valence-corrected chi connectivity index (χ1v) is 9.98. The Balaban J connectivity index is 1.39. The maximum absolute atomic E-state index is 13.9. The summed E-state index contributed by atoms with van der Waals surface area (Å²) in [6.45, 7) is 1.60. The number of hydrogen-bond donors (Lipinski definition) is 1. The van der Waals surface area contributed by atoms with Crippen LogP contribution in [0.15, 0.2) is 24.4 Å². The van der Waals surface area contributed by atoms with E-state index in [0.717, 1.165) is 45.1 Å². The molecule has 28 heavy (non-hydrogen) atoms. The molecule has 150 valence electrons. The minimum absolute atomic E-state index is 0.0316. The minimum Gasteiger partial charge on any atom is -0.348 e. The first-order chi connectivity index (χ1) is 13.6. The summed E-state index contributed by atoms with van der Waals surface area (Å²) in [7, 11) is 0. The average molecular weight is 389 g/mol. The zero-order valence-corrected chi connectivity index (χ0v) is 15.8. The lowest BCUT2D eigenvalue weighted by atomic mass is 10.0. The predicted octanol–water partition coefficient (Wildman–Crippen LogP) is 3.07. The molecule has 0 bridgehead atoms. The highest BCUT2D eigenvalue weighted by Crippen LogP contribution is 2.24. The van der Waals surface area contributed by atoms with Gasteiger partial charge in [0.05, 0.1) is 12.2 Å². The van der Waals surface area contributed by atoms with E-state index in [0.29, 0.717) is 12.2 Å². The Bertz CT molecular complexity index is 814. The Morgan fingerprint density at radius 2 is 1.89 bits per heavy atom. The molecule has 1 aromatic carbocycles. The molecule has 8 heteroatoms. The Morgan fingerprint density at radius 3 is 2.64 bits per heavy atom. The number of amides is 1. The highest BCUT2D eigenvalue weighted by atomic mass is 19.1. The molecule has 1 aliphatic heterocycles. The van der Waals surface area contributed by atoms with Gasteiger partial charge in [0.25, 0.3) is 5.91 Å². The third-order valence-corrected chi connectivity index (χ3v) is 5.73. The fourth-order valence-corrected chi connectivity index (χ4v) is 4.19. The lowest BCUT2D eigenvalue weighted by Crippen LogP contribution is -2.36. The third-order valence-electron chi connectivity index (χ3n) is 5.73. The monoisotopic (exact) mass is 389 g/mol. The highest BCUT2D eigenvalue weighted by Gasteiger charge is 2.26. The number of aromatic nitrogens is 3. The molecular weight excluding hydrogens is 364 g/mol. The summed E-state index contributed by atoms with van der Waals surface area (Å²) < 4.78 is 29.6. The van der Waals surface area contributed by atoms with Gasteiger partial charge < -0.3 is 5.32 Å². The number of carbonyl (C=O) groups is 1. The first kappa shape index (κ1) is 19.0. The second-order valence-corrected chi connectivity index (χ2v) is 7.77. The lowest BCUT2D eigenvalue weighted by molar-refractivity contribution is 0.0932. The third kappa shape index (κ3) is 4.22. The largest absolute Gasteiger partial charge is 0.348 e. The van der Waals surface area contributed by atoms with Gasteiger partial charge in [-0.05, 0) is 44.4 Å². The molecule has 0 radical (unpaired) electrons. The molecule has 6 nitrogen and oxygen atoms in total. The molecule has 1 atom stereocenters. The molecule has 2 heterocycles. The standard InChI is InChI=1S/C20H25F2N5O/c21-17-8-3-9-18(22)16(17)12-26-10-4-7-15(11-26)27-13-19(24-25-27)20(28)23-14-5-1-2-6-14/h3,8-9,13-15H,1-2,4-7,10-12H2,(H,23,28). The van der Waals surface area contributed by atoms with Gasteiger partial charge in [0.2, 0.25) is 0 Å². The Labute approximate surface area is 162 Å². The number of rotatable bonds is 5. The van der Waals surface area contributed by atoms with E-state index in [1.807, 2.05) is 4.90 Å². The summed E-state index contributed by atoms with van der Waals surface area (Å²) in [5, 5.41) is 11.2. The summed E-state index contributed by atoms with van der Waals surface area (Å²) in [4.78, 5) is 14.4. The number of benzene rings is 1. The van der Waals surface area contributed by atoms with Crippen LogP contribution in [0, 0.1) is 11.6 Å². The first-order valence-electron chi connectivity index (χ1n) is 9.98. The summed E-state index contributed by atoms with van der Waals surface area (Å²) in [5.74, 6) is -1.22. The van der Waals surface area contributed by atoms with Crippen molar-refractivity contribution in [1.29, 1.82) is 0 Å². The predicted molar refractivity (Wildman–Crippen MR) is 99.7 cm³/mol. The van der Waals surface area contributed by atoms with Crippen molar-refractivity contribution in [2.24, 2.45) is 0 Å². The van der Waals surface area contributed by atoms with Crippen LogP contribution in [0.25, 0.3) is 0 Å². The van der Waals surface area contributed by atoms with Crippen molar-refractivity contribution >= 4 is 5.91 Å². The zero-order valence-electron chi connectivity index (χ0n) is 15.8. The van der Waals surface area contributed by atoms with Crippen molar-refractivity contribution in [3.8, 4) is 0 Å². The molecule has 2 aliphatic rings. The molecule has 2 aromatic rings. The van der Waals surface area contributed by atoms with Crippen molar-refractivity contribution in [3.63, 3.8) is 0 Å². The maximum Gasteiger partial charge on any atom is 0.273 e. The molecule has 2 fully saturated rings. The van der Waals surface area contributed by atoms with Crippen LogP contribution >= 0.6 is 0 Å². The summed E-state index contributed by atoms with van der Waals surface area (Å²) in [5.41, 5.74) is 0.419. The number of likely N-dealkylation sites (tertiary alicyclic amines) is 1. The Kier molecular flexibility index (Phi) is 5.66. The molecule has 1 saturated carbocycles. The van der Waals surface area contributed by atoms with Gasteiger partial charge >= 0.3 is 0 Å². The van der Waals surface area contributed by atoms with Crippen molar-refractivity contribution in [2.75, 3.05) is 13.1 Å². The maximum atomic E-state index is 13.9. The summed E-state index contributed by atoms with van der Waals surface area (Å²) in [6, 6.07) is 4.21. The Hall–Kier alpha value is -2.35. The van der Waals surface area contributed by atoms with Gasteiger partial charge in [-0.1, -0.05) is 24.1 Å². The normalized spacial score (nSPS) is 21.1. The lowest BCUT2D eigenvalue weighted by Gasteiger charge is -2.32. The smallest absolute Gasteiger partial charge is 0.273 e. The fourth-order valence-electron chi connectivity index (χ4n) is 4.19. The van der Waals surface area contributed by atoms with Gasteiger partial charge in [0.15, 0.2) is 5.69 Å². The van der Waals surface area contributed by atoms with E-state index < -0.39 is 11.6 Å². The molecule has 4 rings (SSSR count). The van der Waals surface area contributed by atoms with E-state index in [-0.39, 0.29) is 30.1 Å². The Morgan fingerprint density at radius 1 is 1.14 bits per heavy atom. The second-order valence-electron chi connectivity index (χ2n) is 7.77. The number of carbonyl (C=O) groups excluding carboxylic acids is 1. The van der Waals surface area contributed by atoms with Crippen LogP contribution < -0.4 is 5.32 Å². The molecular formula is C20H25F2N5O. The fraction of sp³-hybridized carbons (Fsp3) is 0.550. The van der Waals surface area contributed by atoms with E-state index in [2.05, 4.69) is 15.6 Å². The average Bonchev–Trinajstić information content (AvgIpc) is 3.37. The van der Waals surface area contributed by atoms with E-state index >= 15 is 0 Å². The molecule has 1 N–H and O–H groups in total. The van der Waals surface area contributed by atoms with Crippen LogP contribution in [-0.4, -0.2) is 44.9 Å². The number of halogens is 2. The number of hydrogen-bond acceptors (Lipinski definition) is 4. The SMILES string of the molecule is O=C(NC1CCCC1)c1cn(C2CCCN(Cc3c(F)cccc3F)C2)nn1. The molecule has 1 unspecified atom stereocenters. The minimum atomic E-state index is -0.520. The van der Waals surface area contributed by atoms with Crippen LogP contribution in [0.3, 0.4) is 0 Å². The van der Waals surface area contributed by atoms with E-state index in [1.165, 1.54) is 18.2 Å². The van der Waals surface area contributed by atoms with Crippen molar-refractivity contribution in [3.05, 3.63) is 47.3 Å². The molecule has 1 amide bonds. The molecule has 0 spiro atoms. The van der Waals surface area contributed by atoms with Gasteiger partial charge in [-0.25, -0.2) is 13.5 Å². The van der Waals surface area contributed by atoms with Crippen molar-refractivity contribution in [1.82, 2.24) is 25.2 Å². The van der Waals surface area contributed by atoms with E-state index in [9.17, 15) is 13.6 Å². The zero-order chi connectivity index (χ0) is 19.5. The van der Waals surface area contributed by atoms with Crippen LogP contribution in [0.2, 0.25) is 0 Å². The molecule has 1 aliphatic carbocycles. The second kappa shape index (κ2) is 8.34.